The number of ether oxygens (including phenoxy) is 1. The van der Waals surface area contributed by atoms with Crippen molar-refractivity contribution in [1.82, 2.24) is 4.90 Å². The van der Waals surface area contributed by atoms with Crippen molar-refractivity contribution in [2.24, 2.45) is 28.6 Å². The van der Waals surface area contributed by atoms with Gasteiger partial charge in [0, 0.05) is 19.0 Å². The second kappa shape index (κ2) is 10.1. The fraction of sp³-hybridized carbons (Fsp3) is 0.586. The van der Waals surface area contributed by atoms with Crippen LogP contribution in [-0.4, -0.2) is 41.6 Å². The molecule has 4 rings (SSSR count). The topological polar surface area (TPSA) is 66.8 Å². The van der Waals surface area contributed by atoms with Crippen LogP contribution in [0.3, 0.4) is 0 Å². The molecule has 1 fully saturated rings. The zero-order valence-corrected chi connectivity index (χ0v) is 20.8. The summed E-state index contributed by atoms with van der Waals surface area (Å²) in [5.41, 5.74) is 0.755. The minimum atomic E-state index is -0.989. The van der Waals surface area contributed by atoms with Gasteiger partial charge in [0.2, 0.25) is 5.91 Å². The quantitative estimate of drug-likeness (QED) is 0.542. The molecule has 1 heterocycles. The lowest BCUT2D eigenvalue weighted by Gasteiger charge is -2.49. The Balaban J connectivity index is 1.54. The number of likely N-dealkylation sites (tertiary alicyclic amines) is 1. The highest BCUT2D eigenvalue weighted by atomic mass is 16.5. The maximum Gasteiger partial charge on any atom is 0.314 e. The Morgan fingerprint density at radius 3 is 2.53 bits per heavy atom. The number of hydrogen-bond donors (Lipinski definition) is 1. The van der Waals surface area contributed by atoms with E-state index in [0.29, 0.717) is 19.6 Å². The van der Waals surface area contributed by atoms with Crippen LogP contribution in [0.2, 0.25) is 0 Å². The maximum absolute atomic E-state index is 13.4. The SMILES string of the molecule is CC1=C[C@H](COCc2ccccc2)[C@@]2(C(=O)O)C=C[C@H](C(C)(C)C(=O)N3CCCCC3)C[C@H]2C1. The van der Waals surface area contributed by atoms with E-state index in [1.165, 1.54) is 12.0 Å². The van der Waals surface area contributed by atoms with Crippen LogP contribution in [-0.2, 0) is 20.9 Å². The van der Waals surface area contributed by atoms with Crippen molar-refractivity contribution in [3.8, 4) is 0 Å². The molecule has 0 spiro atoms. The largest absolute Gasteiger partial charge is 0.481 e. The zero-order valence-electron chi connectivity index (χ0n) is 20.8. The Morgan fingerprint density at radius 2 is 1.85 bits per heavy atom. The first-order valence-electron chi connectivity index (χ1n) is 12.8. The van der Waals surface area contributed by atoms with E-state index < -0.39 is 16.8 Å². The molecule has 4 atom stereocenters. The van der Waals surface area contributed by atoms with Crippen LogP contribution in [0.5, 0.6) is 0 Å². The molecule has 1 N–H and O–H groups in total. The average molecular weight is 466 g/mol. The first kappa shape index (κ1) is 24.7. The maximum atomic E-state index is 13.4. The highest BCUT2D eigenvalue weighted by Crippen LogP contribution is 2.54. The number of carboxylic acids is 1. The van der Waals surface area contributed by atoms with Crippen molar-refractivity contribution >= 4 is 11.9 Å². The van der Waals surface area contributed by atoms with Crippen LogP contribution in [0.4, 0.5) is 0 Å². The van der Waals surface area contributed by atoms with Gasteiger partial charge < -0.3 is 14.7 Å². The van der Waals surface area contributed by atoms with Gasteiger partial charge in [-0.25, -0.2) is 0 Å². The first-order valence-corrected chi connectivity index (χ1v) is 12.8. The highest BCUT2D eigenvalue weighted by molar-refractivity contribution is 5.83. The summed E-state index contributed by atoms with van der Waals surface area (Å²) in [5.74, 6) is -0.842. The molecule has 2 aliphatic carbocycles. The number of nitrogens with zero attached hydrogens (tertiary/aromatic N) is 1. The lowest BCUT2D eigenvalue weighted by atomic mass is 9.54. The number of benzene rings is 1. The molecule has 0 bridgehead atoms. The van der Waals surface area contributed by atoms with Crippen LogP contribution in [0.25, 0.3) is 0 Å². The van der Waals surface area contributed by atoms with Gasteiger partial charge in [-0.15, -0.1) is 0 Å². The van der Waals surface area contributed by atoms with Crippen LogP contribution < -0.4 is 0 Å². The van der Waals surface area contributed by atoms with Crippen molar-refractivity contribution < 1.29 is 19.4 Å². The Bertz CT molecular complexity index is 944. The van der Waals surface area contributed by atoms with Gasteiger partial charge in [-0.05, 0) is 56.4 Å². The van der Waals surface area contributed by atoms with Crippen LogP contribution >= 0.6 is 0 Å². The molecule has 5 heteroatoms. The van der Waals surface area contributed by atoms with Crippen LogP contribution in [0.15, 0.2) is 54.1 Å². The van der Waals surface area contributed by atoms with E-state index in [0.717, 1.165) is 37.9 Å². The number of carbonyl (C=O) groups excluding carboxylic acids is 1. The van der Waals surface area contributed by atoms with Crippen molar-refractivity contribution in [2.75, 3.05) is 19.7 Å². The van der Waals surface area contributed by atoms with Gasteiger partial charge in [-0.3, -0.25) is 9.59 Å². The first-order chi connectivity index (χ1) is 16.2. The summed E-state index contributed by atoms with van der Waals surface area (Å²) >= 11 is 0. The fourth-order valence-electron chi connectivity index (χ4n) is 6.27. The van der Waals surface area contributed by atoms with E-state index in [-0.39, 0.29) is 23.7 Å². The lowest BCUT2D eigenvalue weighted by molar-refractivity contribution is -0.156. The average Bonchev–Trinajstić information content (AvgIpc) is 2.84. The van der Waals surface area contributed by atoms with E-state index in [1.807, 2.05) is 61.2 Å². The van der Waals surface area contributed by atoms with Crippen molar-refractivity contribution in [3.63, 3.8) is 0 Å². The number of hydrogen-bond acceptors (Lipinski definition) is 3. The van der Waals surface area contributed by atoms with Crippen molar-refractivity contribution in [3.05, 3.63) is 59.7 Å². The molecule has 0 radical (unpaired) electrons. The minimum Gasteiger partial charge on any atom is -0.481 e. The predicted octanol–water partition coefficient (Wildman–Crippen LogP) is 5.47. The molecule has 1 saturated heterocycles. The Morgan fingerprint density at radius 1 is 1.15 bits per heavy atom. The summed E-state index contributed by atoms with van der Waals surface area (Å²) in [5, 5.41) is 10.5. The molecule has 3 aliphatic rings. The van der Waals surface area contributed by atoms with Gasteiger partial charge in [-0.2, -0.15) is 0 Å². The van der Waals surface area contributed by atoms with Crippen molar-refractivity contribution in [2.45, 2.75) is 59.5 Å². The van der Waals surface area contributed by atoms with Crippen LogP contribution in [0, 0.1) is 28.6 Å². The van der Waals surface area contributed by atoms with Crippen molar-refractivity contribution in [1.29, 1.82) is 0 Å². The predicted molar refractivity (Wildman–Crippen MR) is 133 cm³/mol. The second-order valence-corrected chi connectivity index (χ2v) is 11.0. The molecule has 34 heavy (non-hydrogen) atoms. The number of carbonyl (C=O) groups is 2. The molecule has 0 saturated carbocycles. The Labute approximate surface area is 203 Å². The zero-order chi connectivity index (χ0) is 24.3. The second-order valence-electron chi connectivity index (χ2n) is 11.0. The lowest BCUT2D eigenvalue weighted by Crippen LogP contribution is -2.52. The van der Waals surface area contributed by atoms with Crippen LogP contribution in [0.1, 0.15) is 58.4 Å². The molecule has 1 amide bonds. The molecule has 0 aromatic heterocycles. The van der Waals surface area contributed by atoms with Gasteiger partial charge >= 0.3 is 5.97 Å². The molecule has 5 nitrogen and oxygen atoms in total. The number of amides is 1. The third kappa shape index (κ3) is 4.72. The summed E-state index contributed by atoms with van der Waals surface area (Å²) in [7, 11) is 0. The molecule has 1 aromatic rings. The Kier molecular flexibility index (Phi) is 7.32. The molecule has 1 aromatic carbocycles. The van der Waals surface area contributed by atoms with E-state index in [1.54, 1.807) is 0 Å². The van der Waals surface area contributed by atoms with Gasteiger partial charge in [0.05, 0.1) is 24.0 Å². The summed E-state index contributed by atoms with van der Waals surface area (Å²) in [6.07, 6.45) is 10.8. The van der Waals surface area contributed by atoms with Gasteiger partial charge in [0.15, 0.2) is 0 Å². The third-order valence-corrected chi connectivity index (χ3v) is 8.39. The smallest absolute Gasteiger partial charge is 0.314 e. The van der Waals surface area contributed by atoms with Gasteiger partial charge in [0.25, 0.3) is 0 Å². The number of carboxylic acid groups (broad SMARTS) is 1. The van der Waals surface area contributed by atoms with E-state index in [4.69, 9.17) is 4.74 Å². The highest BCUT2D eigenvalue weighted by Gasteiger charge is 2.55. The monoisotopic (exact) mass is 465 g/mol. The minimum absolute atomic E-state index is 0.0242. The number of allylic oxidation sites excluding steroid dienone is 2. The van der Waals surface area contributed by atoms with E-state index in [9.17, 15) is 14.7 Å². The normalized spacial score (nSPS) is 29.3. The van der Waals surface area contributed by atoms with E-state index >= 15 is 0 Å². The third-order valence-electron chi connectivity index (χ3n) is 8.39. The van der Waals surface area contributed by atoms with E-state index in [2.05, 4.69) is 13.0 Å². The molecular weight excluding hydrogens is 426 g/mol. The molecule has 0 unspecified atom stereocenters. The number of rotatable bonds is 7. The number of fused-ring (bicyclic) bond motifs is 1. The molecule has 184 valence electrons. The fourth-order valence-corrected chi connectivity index (χ4v) is 6.27. The molecule has 1 aliphatic heterocycles. The summed E-state index contributed by atoms with van der Waals surface area (Å²) in [4.78, 5) is 28.2. The Hall–Kier alpha value is -2.40. The summed E-state index contributed by atoms with van der Waals surface area (Å²) in [6.45, 7) is 8.67. The van der Waals surface area contributed by atoms with Gasteiger partial charge in [0.1, 0.15) is 0 Å². The summed E-state index contributed by atoms with van der Waals surface area (Å²) < 4.78 is 6.04. The standard InChI is InChI=1S/C29H39NO4/c1-21-16-24-18-23(28(2,3)26(31)30-14-8-5-9-15-30)12-13-29(24,27(32)33)25(17-21)20-34-19-22-10-6-4-7-11-22/h4,6-7,10-13,17,23-25H,5,8-9,14-16,18-20H2,1-3H3,(H,32,33)/t23-,24+,25+,29+/m0/s1. The summed E-state index contributed by atoms with van der Waals surface area (Å²) in [6, 6.07) is 9.97. The number of aliphatic carboxylic acids is 1. The molecular formula is C29H39NO4. The number of piperidine rings is 1. The van der Waals surface area contributed by atoms with Gasteiger partial charge in [-0.1, -0.05) is 68.0 Å².